The van der Waals surface area contributed by atoms with Gasteiger partial charge in [-0.25, -0.2) is 0 Å². The van der Waals surface area contributed by atoms with Crippen molar-refractivity contribution >= 4 is 35.6 Å². The average molecular weight is 488 g/mol. The first-order chi connectivity index (χ1) is 12.9. The van der Waals surface area contributed by atoms with Crippen molar-refractivity contribution in [1.29, 1.82) is 0 Å². The number of aliphatic imine (C=N–C) groups is 1. The van der Waals surface area contributed by atoms with E-state index in [2.05, 4.69) is 25.8 Å². The van der Waals surface area contributed by atoms with E-state index in [0.29, 0.717) is 12.5 Å². The van der Waals surface area contributed by atoms with Crippen LogP contribution in [0, 0.1) is 5.92 Å². The van der Waals surface area contributed by atoms with Crippen LogP contribution in [0.1, 0.15) is 25.1 Å². The largest absolute Gasteiger partial charge is 0.381 e. The van der Waals surface area contributed by atoms with Crippen LogP contribution >= 0.6 is 24.0 Å². The fourth-order valence-corrected chi connectivity index (χ4v) is 2.94. The minimum atomic E-state index is 0. The zero-order valence-corrected chi connectivity index (χ0v) is 18.1. The molecule has 2 aromatic rings. The van der Waals surface area contributed by atoms with Crippen molar-refractivity contribution < 1.29 is 9.47 Å². The molecule has 2 N–H and O–H groups in total. The Kier molecular flexibility index (Phi) is 9.78. The topological polar surface area (TPSA) is 85.1 Å². The zero-order valence-electron chi connectivity index (χ0n) is 15.8. The van der Waals surface area contributed by atoms with Gasteiger partial charge in [-0.3, -0.25) is 9.39 Å². The van der Waals surface area contributed by atoms with Crippen molar-refractivity contribution in [2.24, 2.45) is 10.9 Å². The fourth-order valence-electron chi connectivity index (χ4n) is 2.94. The monoisotopic (exact) mass is 488 g/mol. The van der Waals surface area contributed by atoms with Gasteiger partial charge < -0.3 is 20.1 Å². The van der Waals surface area contributed by atoms with Crippen LogP contribution in [0.3, 0.4) is 0 Å². The molecule has 0 unspecified atom stereocenters. The van der Waals surface area contributed by atoms with E-state index in [4.69, 9.17) is 9.47 Å². The highest BCUT2D eigenvalue weighted by Crippen LogP contribution is 2.14. The van der Waals surface area contributed by atoms with Crippen molar-refractivity contribution in [2.45, 2.75) is 25.8 Å². The van der Waals surface area contributed by atoms with E-state index in [0.717, 1.165) is 69.7 Å². The molecule has 9 heteroatoms. The molecule has 27 heavy (non-hydrogen) atoms. The molecule has 1 aliphatic heterocycles. The number of fused-ring (bicyclic) bond motifs is 1. The standard InChI is InChI=1S/C18H28N6O2.HI/c1-19-18(20-8-4-10-26-14-15-6-11-25-12-7-15)21-13-17-23-22-16-5-2-3-9-24(16)17;/h2-3,5,9,15H,4,6-8,10-14H2,1H3,(H2,19,20,21);1H. The van der Waals surface area contributed by atoms with Gasteiger partial charge in [0.1, 0.15) is 0 Å². The lowest BCUT2D eigenvalue weighted by Crippen LogP contribution is -2.38. The third-order valence-corrected chi connectivity index (χ3v) is 4.47. The Labute approximate surface area is 177 Å². The van der Waals surface area contributed by atoms with E-state index >= 15 is 0 Å². The molecule has 0 atom stereocenters. The summed E-state index contributed by atoms with van der Waals surface area (Å²) in [7, 11) is 1.76. The van der Waals surface area contributed by atoms with Gasteiger partial charge in [-0.2, -0.15) is 0 Å². The van der Waals surface area contributed by atoms with Crippen LogP contribution in [0.5, 0.6) is 0 Å². The summed E-state index contributed by atoms with van der Waals surface area (Å²) in [5.41, 5.74) is 0.842. The molecule has 1 fully saturated rings. The number of guanidine groups is 1. The normalized spacial score (nSPS) is 15.5. The second-order valence-corrected chi connectivity index (χ2v) is 6.38. The molecular weight excluding hydrogens is 459 g/mol. The van der Waals surface area contributed by atoms with Crippen LogP contribution in [-0.4, -0.2) is 60.6 Å². The number of ether oxygens (including phenoxy) is 2. The first-order valence-corrected chi connectivity index (χ1v) is 9.25. The molecule has 150 valence electrons. The minimum Gasteiger partial charge on any atom is -0.381 e. The maximum atomic E-state index is 5.78. The number of pyridine rings is 1. The second kappa shape index (κ2) is 12.1. The summed E-state index contributed by atoms with van der Waals surface area (Å²) in [6.07, 6.45) is 5.13. The van der Waals surface area contributed by atoms with E-state index in [1.807, 2.05) is 28.8 Å². The number of halogens is 1. The quantitative estimate of drug-likeness (QED) is 0.256. The first-order valence-electron chi connectivity index (χ1n) is 9.25. The maximum absolute atomic E-state index is 5.78. The van der Waals surface area contributed by atoms with Gasteiger partial charge in [-0.1, -0.05) is 6.07 Å². The molecule has 0 aliphatic carbocycles. The molecule has 0 aromatic carbocycles. The van der Waals surface area contributed by atoms with Crippen molar-refractivity contribution in [3.8, 4) is 0 Å². The highest BCUT2D eigenvalue weighted by atomic mass is 127. The van der Waals surface area contributed by atoms with Crippen LogP contribution < -0.4 is 10.6 Å². The summed E-state index contributed by atoms with van der Waals surface area (Å²) in [4.78, 5) is 4.24. The summed E-state index contributed by atoms with van der Waals surface area (Å²) < 4.78 is 13.1. The number of aromatic nitrogens is 3. The van der Waals surface area contributed by atoms with E-state index < -0.39 is 0 Å². The Morgan fingerprint density at radius 3 is 2.96 bits per heavy atom. The van der Waals surface area contributed by atoms with Gasteiger partial charge >= 0.3 is 0 Å². The lowest BCUT2D eigenvalue weighted by atomic mass is 10.0. The third-order valence-electron chi connectivity index (χ3n) is 4.47. The molecular formula is C18H29IN6O2. The number of hydrogen-bond acceptors (Lipinski definition) is 5. The third kappa shape index (κ3) is 6.89. The summed E-state index contributed by atoms with van der Waals surface area (Å²) >= 11 is 0. The van der Waals surface area contributed by atoms with Crippen molar-refractivity contribution in [1.82, 2.24) is 25.2 Å². The minimum absolute atomic E-state index is 0. The maximum Gasteiger partial charge on any atom is 0.191 e. The van der Waals surface area contributed by atoms with E-state index in [1.165, 1.54) is 0 Å². The molecule has 0 radical (unpaired) electrons. The number of nitrogens with one attached hydrogen (secondary N) is 2. The Morgan fingerprint density at radius 1 is 1.30 bits per heavy atom. The Bertz CT molecular complexity index is 702. The molecule has 0 saturated carbocycles. The predicted octanol–water partition coefficient (Wildman–Crippen LogP) is 1.85. The molecule has 0 spiro atoms. The van der Waals surface area contributed by atoms with Gasteiger partial charge in [0.05, 0.1) is 6.54 Å². The van der Waals surface area contributed by atoms with E-state index in [-0.39, 0.29) is 24.0 Å². The van der Waals surface area contributed by atoms with Crippen LogP contribution in [-0.2, 0) is 16.0 Å². The fraction of sp³-hybridized carbons (Fsp3) is 0.611. The number of rotatable bonds is 8. The van der Waals surface area contributed by atoms with Crippen LogP contribution in [0.4, 0.5) is 0 Å². The van der Waals surface area contributed by atoms with Gasteiger partial charge in [-0.05, 0) is 37.3 Å². The molecule has 3 heterocycles. The van der Waals surface area contributed by atoms with Crippen molar-refractivity contribution in [3.63, 3.8) is 0 Å². The Hall–Kier alpha value is -1.46. The summed E-state index contributed by atoms with van der Waals surface area (Å²) in [5.74, 6) is 2.26. The highest BCUT2D eigenvalue weighted by molar-refractivity contribution is 14.0. The molecule has 8 nitrogen and oxygen atoms in total. The van der Waals surface area contributed by atoms with Crippen LogP contribution in [0.15, 0.2) is 29.4 Å². The Balaban J connectivity index is 0.00000261. The molecule has 1 aliphatic rings. The van der Waals surface area contributed by atoms with Crippen LogP contribution in [0.2, 0.25) is 0 Å². The van der Waals surface area contributed by atoms with Crippen molar-refractivity contribution in [3.05, 3.63) is 30.2 Å². The highest BCUT2D eigenvalue weighted by Gasteiger charge is 2.13. The SMILES string of the molecule is CN=C(NCCCOCC1CCOCC1)NCc1nnc2ccccn12.I. The summed E-state index contributed by atoms with van der Waals surface area (Å²) in [5, 5.41) is 14.9. The lowest BCUT2D eigenvalue weighted by molar-refractivity contribution is 0.0203. The first kappa shape index (κ1) is 21.8. The second-order valence-electron chi connectivity index (χ2n) is 6.38. The van der Waals surface area contributed by atoms with Gasteiger partial charge in [-0.15, -0.1) is 34.2 Å². The molecule has 0 bridgehead atoms. The molecule has 0 amide bonds. The lowest BCUT2D eigenvalue weighted by Gasteiger charge is -2.21. The average Bonchev–Trinajstić information content (AvgIpc) is 3.11. The molecule has 1 saturated heterocycles. The van der Waals surface area contributed by atoms with E-state index in [9.17, 15) is 0 Å². The number of hydrogen-bond donors (Lipinski definition) is 2. The van der Waals surface area contributed by atoms with Crippen LogP contribution in [0.25, 0.3) is 5.65 Å². The van der Waals surface area contributed by atoms with Gasteiger partial charge in [0, 0.05) is 46.2 Å². The Morgan fingerprint density at radius 2 is 2.15 bits per heavy atom. The zero-order chi connectivity index (χ0) is 18.0. The van der Waals surface area contributed by atoms with E-state index in [1.54, 1.807) is 7.05 Å². The van der Waals surface area contributed by atoms with Gasteiger partial charge in [0.2, 0.25) is 0 Å². The number of nitrogens with zero attached hydrogens (tertiary/aromatic N) is 4. The summed E-state index contributed by atoms with van der Waals surface area (Å²) in [6, 6.07) is 5.85. The predicted molar refractivity (Wildman–Crippen MR) is 116 cm³/mol. The smallest absolute Gasteiger partial charge is 0.191 e. The van der Waals surface area contributed by atoms with Gasteiger partial charge in [0.15, 0.2) is 17.4 Å². The molecule has 2 aromatic heterocycles. The van der Waals surface area contributed by atoms with Gasteiger partial charge in [0.25, 0.3) is 0 Å². The molecule has 3 rings (SSSR count). The van der Waals surface area contributed by atoms with Crippen molar-refractivity contribution in [2.75, 3.05) is 40.0 Å². The summed E-state index contributed by atoms with van der Waals surface area (Å²) in [6.45, 7) is 4.73.